The first-order chi connectivity index (χ1) is 10.1. The summed E-state index contributed by atoms with van der Waals surface area (Å²) in [5, 5.41) is 11.6. The van der Waals surface area contributed by atoms with Gasteiger partial charge in [-0.25, -0.2) is 4.79 Å². The van der Waals surface area contributed by atoms with E-state index in [-0.39, 0.29) is 5.56 Å². The average molecular weight is 298 g/mol. The van der Waals surface area contributed by atoms with E-state index >= 15 is 0 Å². The van der Waals surface area contributed by atoms with E-state index in [2.05, 4.69) is 4.98 Å². The van der Waals surface area contributed by atoms with E-state index in [0.717, 1.165) is 27.6 Å². The van der Waals surface area contributed by atoms with E-state index in [1.165, 1.54) is 0 Å². The van der Waals surface area contributed by atoms with Gasteiger partial charge in [0.15, 0.2) is 0 Å². The van der Waals surface area contributed by atoms with Crippen LogP contribution in [0.3, 0.4) is 0 Å². The number of fused-ring (bicyclic) bond motifs is 1. The third-order valence-electron chi connectivity index (χ3n) is 3.43. The number of rotatable bonds is 2. The molecule has 1 N–H and O–H groups in total. The molecule has 0 fully saturated rings. The number of hydrogen-bond acceptors (Lipinski definition) is 2. The Balaban J connectivity index is 2.31. The molecule has 0 spiro atoms. The van der Waals surface area contributed by atoms with Gasteiger partial charge in [0, 0.05) is 11.8 Å². The van der Waals surface area contributed by atoms with Crippen molar-refractivity contribution in [3.8, 4) is 11.3 Å². The van der Waals surface area contributed by atoms with Crippen LogP contribution in [0.4, 0.5) is 0 Å². The molecule has 0 bridgehead atoms. The molecule has 0 aliphatic carbocycles. The molecule has 3 aromatic rings. The van der Waals surface area contributed by atoms with E-state index in [1.54, 1.807) is 18.3 Å². The van der Waals surface area contributed by atoms with Crippen LogP contribution in [0.15, 0.2) is 48.7 Å². The molecule has 0 aliphatic heterocycles. The van der Waals surface area contributed by atoms with Crippen LogP contribution in [0, 0.1) is 6.92 Å². The highest BCUT2D eigenvalue weighted by Gasteiger charge is 2.11. The van der Waals surface area contributed by atoms with Crippen molar-refractivity contribution in [2.24, 2.45) is 0 Å². The van der Waals surface area contributed by atoms with Crippen molar-refractivity contribution in [1.29, 1.82) is 0 Å². The van der Waals surface area contributed by atoms with Gasteiger partial charge in [0.05, 0.1) is 16.3 Å². The first-order valence-electron chi connectivity index (χ1n) is 6.45. The van der Waals surface area contributed by atoms with E-state index < -0.39 is 5.97 Å². The standard InChI is InChI=1S/C17H12ClNO2/c1-10-7-13(18)9-19-16(10)14-4-2-3-11-5-6-12(17(20)21)8-15(11)14/h2-9H,1H3,(H,20,21). The van der Waals surface area contributed by atoms with Crippen molar-refractivity contribution in [3.05, 3.63) is 64.8 Å². The molecule has 4 heteroatoms. The molecule has 1 aromatic heterocycles. The van der Waals surface area contributed by atoms with Crippen LogP contribution in [-0.2, 0) is 0 Å². The predicted octanol–water partition coefficient (Wildman–Crippen LogP) is 4.56. The van der Waals surface area contributed by atoms with E-state index in [9.17, 15) is 4.79 Å². The lowest BCUT2D eigenvalue weighted by atomic mass is 9.97. The van der Waals surface area contributed by atoms with E-state index in [0.29, 0.717) is 5.02 Å². The molecular weight excluding hydrogens is 286 g/mol. The van der Waals surface area contributed by atoms with Gasteiger partial charge in [0.1, 0.15) is 0 Å². The van der Waals surface area contributed by atoms with Crippen LogP contribution in [0.1, 0.15) is 15.9 Å². The summed E-state index contributed by atoms with van der Waals surface area (Å²) in [5.74, 6) is -0.938. The second kappa shape index (κ2) is 5.19. The van der Waals surface area contributed by atoms with Crippen molar-refractivity contribution in [2.75, 3.05) is 0 Å². The minimum Gasteiger partial charge on any atom is -0.478 e. The predicted molar refractivity (Wildman–Crippen MR) is 83.9 cm³/mol. The SMILES string of the molecule is Cc1cc(Cl)cnc1-c1cccc2ccc(C(=O)O)cc12. The van der Waals surface area contributed by atoms with Crippen molar-refractivity contribution in [1.82, 2.24) is 4.98 Å². The lowest BCUT2D eigenvalue weighted by Gasteiger charge is -2.10. The Labute approximate surface area is 126 Å². The highest BCUT2D eigenvalue weighted by molar-refractivity contribution is 6.30. The molecule has 0 unspecified atom stereocenters. The topological polar surface area (TPSA) is 50.2 Å². The minimum atomic E-state index is -0.938. The maximum absolute atomic E-state index is 11.2. The molecule has 0 saturated carbocycles. The Kier molecular flexibility index (Phi) is 3.35. The second-order valence-corrected chi connectivity index (χ2v) is 5.30. The molecule has 3 nitrogen and oxygen atoms in total. The van der Waals surface area contributed by atoms with Gasteiger partial charge in [-0.1, -0.05) is 35.9 Å². The number of nitrogens with zero attached hydrogens (tertiary/aromatic N) is 1. The van der Waals surface area contributed by atoms with Crippen molar-refractivity contribution >= 4 is 28.3 Å². The summed E-state index contributed by atoms with van der Waals surface area (Å²) in [7, 11) is 0. The Morgan fingerprint density at radius 2 is 2.00 bits per heavy atom. The molecule has 104 valence electrons. The number of halogens is 1. The Morgan fingerprint density at radius 3 is 2.71 bits per heavy atom. The maximum atomic E-state index is 11.2. The van der Waals surface area contributed by atoms with Crippen LogP contribution in [0.5, 0.6) is 0 Å². The third kappa shape index (κ3) is 2.48. The number of hydrogen-bond donors (Lipinski definition) is 1. The van der Waals surface area contributed by atoms with Gasteiger partial charge in [0.2, 0.25) is 0 Å². The zero-order valence-corrected chi connectivity index (χ0v) is 12.1. The lowest BCUT2D eigenvalue weighted by Crippen LogP contribution is -1.96. The highest BCUT2D eigenvalue weighted by Crippen LogP contribution is 2.31. The van der Waals surface area contributed by atoms with Crippen molar-refractivity contribution < 1.29 is 9.90 Å². The minimum absolute atomic E-state index is 0.265. The van der Waals surface area contributed by atoms with Gasteiger partial charge in [-0.3, -0.25) is 4.98 Å². The Morgan fingerprint density at radius 1 is 1.19 bits per heavy atom. The quantitative estimate of drug-likeness (QED) is 0.754. The number of aromatic nitrogens is 1. The second-order valence-electron chi connectivity index (χ2n) is 4.87. The number of pyridine rings is 1. The normalized spacial score (nSPS) is 10.8. The first-order valence-corrected chi connectivity index (χ1v) is 6.82. The number of carbonyl (C=O) groups is 1. The van der Waals surface area contributed by atoms with Crippen LogP contribution >= 0.6 is 11.6 Å². The van der Waals surface area contributed by atoms with Gasteiger partial charge < -0.3 is 5.11 Å². The van der Waals surface area contributed by atoms with Gasteiger partial charge in [0.25, 0.3) is 0 Å². The average Bonchev–Trinajstić information content (AvgIpc) is 2.46. The molecule has 3 rings (SSSR count). The lowest BCUT2D eigenvalue weighted by molar-refractivity contribution is 0.0697. The molecule has 1 heterocycles. The van der Waals surface area contributed by atoms with Crippen LogP contribution in [-0.4, -0.2) is 16.1 Å². The van der Waals surface area contributed by atoms with Crippen LogP contribution in [0.25, 0.3) is 22.0 Å². The van der Waals surface area contributed by atoms with Gasteiger partial charge in [-0.2, -0.15) is 0 Å². The number of carboxylic acids is 1. The summed E-state index contributed by atoms with van der Waals surface area (Å²) in [5.41, 5.74) is 2.94. The summed E-state index contributed by atoms with van der Waals surface area (Å²) in [4.78, 5) is 15.6. The molecule has 2 aromatic carbocycles. The maximum Gasteiger partial charge on any atom is 0.335 e. The Hall–Kier alpha value is -2.39. The molecule has 21 heavy (non-hydrogen) atoms. The van der Waals surface area contributed by atoms with Gasteiger partial charge in [-0.15, -0.1) is 0 Å². The number of aromatic carboxylic acids is 1. The zero-order chi connectivity index (χ0) is 15.0. The summed E-state index contributed by atoms with van der Waals surface area (Å²) in [6, 6.07) is 12.8. The van der Waals surface area contributed by atoms with E-state index in [4.69, 9.17) is 16.7 Å². The fraction of sp³-hybridized carbons (Fsp3) is 0.0588. The third-order valence-corrected chi connectivity index (χ3v) is 3.64. The Bertz CT molecular complexity index is 859. The zero-order valence-electron chi connectivity index (χ0n) is 11.3. The smallest absolute Gasteiger partial charge is 0.335 e. The molecule has 0 amide bonds. The summed E-state index contributed by atoms with van der Waals surface area (Å²) < 4.78 is 0. The number of carboxylic acid groups (broad SMARTS) is 1. The number of benzene rings is 2. The van der Waals surface area contributed by atoms with Crippen LogP contribution in [0.2, 0.25) is 5.02 Å². The summed E-state index contributed by atoms with van der Waals surface area (Å²) >= 11 is 5.95. The summed E-state index contributed by atoms with van der Waals surface area (Å²) in [6.45, 7) is 1.94. The van der Waals surface area contributed by atoms with Crippen LogP contribution < -0.4 is 0 Å². The monoisotopic (exact) mass is 297 g/mol. The largest absolute Gasteiger partial charge is 0.478 e. The molecule has 0 aliphatic rings. The summed E-state index contributed by atoms with van der Waals surface area (Å²) in [6.07, 6.45) is 1.60. The number of aryl methyl sites for hydroxylation is 1. The van der Waals surface area contributed by atoms with Gasteiger partial charge >= 0.3 is 5.97 Å². The van der Waals surface area contributed by atoms with Crippen molar-refractivity contribution in [3.63, 3.8) is 0 Å². The molecular formula is C17H12ClNO2. The molecule has 0 saturated heterocycles. The fourth-order valence-corrected chi connectivity index (χ4v) is 2.65. The molecule has 0 atom stereocenters. The fourth-order valence-electron chi connectivity index (χ4n) is 2.43. The van der Waals surface area contributed by atoms with Gasteiger partial charge in [-0.05, 0) is 41.5 Å². The first kappa shape index (κ1) is 13.6. The van der Waals surface area contributed by atoms with Crippen molar-refractivity contribution in [2.45, 2.75) is 6.92 Å². The molecule has 0 radical (unpaired) electrons. The highest BCUT2D eigenvalue weighted by atomic mass is 35.5. The van der Waals surface area contributed by atoms with E-state index in [1.807, 2.05) is 37.3 Å².